The molecule has 1 saturated heterocycles. The van der Waals surface area contributed by atoms with Gasteiger partial charge in [-0.15, -0.1) is 0 Å². The molecule has 3 saturated carbocycles. The molecule has 5 aliphatic rings. The van der Waals surface area contributed by atoms with E-state index < -0.39 is 37.3 Å². The number of ether oxygens (including phenoxy) is 2. The number of hydrogen-bond acceptors (Lipinski definition) is 6. The first kappa shape index (κ1) is 31.9. The molecule has 0 bridgehead atoms. The Morgan fingerprint density at radius 2 is 1.71 bits per heavy atom. The Labute approximate surface area is 249 Å². The Balaban J connectivity index is 1.24. The van der Waals surface area contributed by atoms with Gasteiger partial charge in [0.25, 0.3) is 0 Å². The van der Waals surface area contributed by atoms with Gasteiger partial charge in [-0.05, 0) is 110 Å². The van der Waals surface area contributed by atoms with Crippen LogP contribution < -0.4 is 0 Å². The summed E-state index contributed by atoms with van der Waals surface area (Å²) in [5.41, 5.74) is 2.19. The van der Waals surface area contributed by atoms with E-state index in [2.05, 4.69) is 47.6 Å². The van der Waals surface area contributed by atoms with Gasteiger partial charge in [-0.2, -0.15) is 0 Å². The van der Waals surface area contributed by atoms with E-state index in [1.807, 2.05) is 0 Å². The van der Waals surface area contributed by atoms with Crippen LogP contribution in [0.4, 0.5) is 0 Å². The van der Waals surface area contributed by atoms with E-state index in [1.54, 1.807) is 0 Å². The highest BCUT2D eigenvalue weighted by atomic mass is 16.7. The second-order valence-corrected chi connectivity index (χ2v) is 15.7. The van der Waals surface area contributed by atoms with Crippen molar-refractivity contribution < 1.29 is 29.9 Å². The van der Waals surface area contributed by atoms with E-state index in [4.69, 9.17) is 9.47 Å². The smallest absolute Gasteiger partial charge is 0.186 e. The van der Waals surface area contributed by atoms with E-state index in [-0.39, 0.29) is 11.5 Å². The van der Waals surface area contributed by atoms with Crippen LogP contribution in [0.25, 0.3) is 0 Å². The summed E-state index contributed by atoms with van der Waals surface area (Å²) in [4.78, 5) is 0. The Morgan fingerprint density at radius 1 is 0.951 bits per heavy atom. The van der Waals surface area contributed by atoms with Gasteiger partial charge < -0.3 is 29.9 Å². The summed E-state index contributed by atoms with van der Waals surface area (Å²) in [6.07, 6.45) is 9.92. The molecule has 4 N–H and O–H groups in total. The van der Waals surface area contributed by atoms with E-state index in [9.17, 15) is 20.4 Å². The van der Waals surface area contributed by atoms with Gasteiger partial charge in [0.15, 0.2) is 6.29 Å². The van der Waals surface area contributed by atoms with Crippen molar-refractivity contribution in [3.63, 3.8) is 0 Å². The maximum atomic E-state index is 10.5. The molecule has 0 aromatic carbocycles. The molecule has 1 heterocycles. The fourth-order valence-corrected chi connectivity index (χ4v) is 10.8. The van der Waals surface area contributed by atoms with Gasteiger partial charge in [0, 0.05) is 0 Å². The lowest BCUT2D eigenvalue weighted by Crippen LogP contribution is -2.60. The van der Waals surface area contributed by atoms with Gasteiger partial charge in [0.1, 0.15) is 24.4 Å². The van der Waals surface area contributed by atoms with Crippen LogP contribution in [0.5, 0.6) is 0 Å². The van der Waals surface area contributed by atoms with E-state index in [0.717, 1.165) is 60.7 Å². The van der Waals surface area contributed by atoms with Crippen molar-refractivity contribution in [3.8, 4) is 0 Å². The first-order valence-corrected chi connectivity index (χ1v) is 17.1. The summed E-state index contributed by atoms with van der Waals surface area (Å²) >= 11 is 0. The molecular weight excluding hydrogens is 516 g/mol. The molecule has 0 amide bonds. The lowest BCUT2D eigenvalue weighted by atomic mass is 9.47. The van der Waals surface area contributed by atoms with Gasteiger partial charge >= 0.3 is 0 Å². The lowest BCUT2D eigenvalue weighted by Gasteiger charge is -2.58. The van der Waals surface area contributed by atoms with Crippen molar-refractivity contribution in [2.24, 2.45) is 52.3 Å². The summed E-state index contributed by atoms with van der Waals surface area (Å²) in [6.45, 7) is 14.5. The number of hydrogen-bond donors (Lipinski definition) is 4. The van der Waals surface area contributed by atoms with Crippen molar-refractivity contribution in [3.05, 3.63) is 11.6 Å². The quantitative estimate of drug-likeness (QED) is 0.257. The van der Waals surface area contributed by atoms with Crippen LogP contribution in [0.15, 0.2) is 11.6 Å². The van der Waals surface area contributed by atoms with Crippen LogP contribution in [-0.4, -0.2) is 63.8 Å². The third kappa shape index (κ3) is 5.73. The molecule has 14 atom stereocenters. The average Bonchev–Trinajstić information content (AvgIpc) is 3.30. The predicted molar refractivity (Wildman–Crippen MR) is 161 cm³/mol. The van der Waals surface area contributed by atoms with Gasteiger partial charge in [0.2, 0.25) is 0 Å². The third-order valence-electron chi connectivity index (χ3n) is 13.5. The number of aliphatic hydroxyl groups is 4. The molecular formula is C35H60O6. The Hall–Kier alpha value is -0.500. The predicted octanol–water partition coefficient (Wildman–Crippen LogP) is 5.85. The molecule has 3 unspecified atom stereocenters. The third-order valence-corrected chi connectivity index (χ3v) is 13.5. The standard InChI is InChI=1S/C35H60O6/c1-7-22(20(2)3)9-8-21(4)26-12-13-27-25-11-10-23-18-24(14-16-34(23,5)28(25)15-17-35(26,27)6)40-33-32(39)31(38)30(37)29(19-36)41-33/h10,20-22,24-33,36-39H,7-9,11-19H2,1-6H3/t21-,22-,24-,25?,26-,27?,28?,29-,30-,31+,32-,33-,34+,35-/m1/s1. The normalized spacial score (nSPS) is 47.7. The molecule has 236 valence electrons. The highest BCUT2D eigenvalue weighted by Crippen LogP contribution is 2.67. The molecule has 0 aromatic heterocycles. The SMILES string of the molecule is CC[C@H](CC[C@@H](C)[C@H]1CCC2C3CC=C4C[C@H](O[C@@H]5O[C@H](CO)[C@@H](O)[C@H](O)[C@H]5O)CC[C@]4(C)C3CC[C@@]21C)C(C)C. The Kier molecular flexibility index (Phi) is 9.71. The van der Waals surface area contributed by atoms with Crippen LogP contribution in [0.2, 0.25) is 0 Å². The van der Waals surface area contributed by atoms with Crippen molar-refractivity contribution in [2.75, 3.05) is 6.61 Å². The first-order valence-electron chi connectivity index (χ1n) is 17.1. The van der Waals surface area contributed by atoms with Crippen LogP contribution >= 0.6 is 0 Å². The van der Waals surface area contributed by atoms with Crippen molar-refractivity contribution in [2.45, 2.75) is 149 Å². The first-order chi connectivity index (χ1) is 19.4. The van der Waals surface area contributed by atoms with E-state index >= 15 is 0 Å². The maximum absolute atomic E-state index is 10.5. The largest absolute Gasteiger partial charge is 0.394 e. The molecule has 6 heteroatoms. The van der Waals surface area contributed by atoms with Crippen LogP contribution in [0.1, 0.15) is 112 Å². The highest BCUT2D eigenvalue weighted by Gasteiger charge is 2.59. The fraction of sp³-hybridized carbons (Fsp3) is 0.943. The second kappa shape index (κ2) is 12.5. The minimum atomic E-state index is -1.40. The van der Waals surface area contributed by atoms with Crippen LogP contribution in [-0.2, 0) is 9.47 Å². The molecule has 5 rings (SSSR count). The van der Waals surface area contributed by atoms with Crippen molar-refractivity contribution in [1.82, 2.24) is 0 Å². The minimum Gasteiger partial charge on any atom is -0.394 e. The van der Waals surface area contributed by atoms with E-state index in [0.29, 0.717) is 5.41 Å². The Morgan fingerprint density at radius 3 is 2.39 bits per heavy atom. The molecule has 6 nitrogen and oxygen atoms in total. The maximum Gasteiger partial charge on any atom is 0.186 e. The molecule has 4 aliphatic carbocycles. The number of rotatable bonds is 9. The highest BCUT2D eigenvalue weighted by molar-refractivity contribution is 5.25. The molecule has 0 radical (unpaired) electrons. The number of allylic oxidation sites excluding steroid dienone is 1. The van der Waals surface area contributed by atoms with Crippen LogP contribution in [0.3, 0.4) is 0 Å². The minimum absolute atomic E-state index is 0.101. The molecule has 41 heavy (non-hydrogen) atoms. The van der Waals surface area contributed by atoms with Gasteiger partial charge in [0.05, 0.1) is 12.7 Å². The Bertz CT molecular complexity index is 918. The topological polar surface area (TPSA) is 99.4 Å². The zero-order valence-electron chi connectivity index (χ0n) is 26.7. The zero-order valence-corrected chi connectivity index (χ0v) is 26.7. The summed E-state index contributed by atoms with van der Waals surface area (Å²) in [5, 5.41) is 40.4. The number of fused-ring (bicyclic) bond motifs is 5. The van der Waals surface area contributed by atoms with Gasteiger partial charge in [-0.3, -0.25) is 0 Å². The van der Waals surface area contributed by atoms with E-state index in [1.165, 1.54) is 56.9 Å². The zero-order chi connectivity index (χ0) is 29.7. The molecule has 0 aromatic rings. The summed E-state index contributed by atoms with van der Waals surface area (Å²) in [7, 11) is 0. The molecule has 4 fully saturated rings. The van der Waals surface area contributed by atoms with Crippen LogP contribution in [0, 0.1) is 52.3 Å². The average molecular weight is 577 g/mol. The fourth-order valence-electron chi connectivity index (χ4n) is 10.8. The lowest BCUT2D eigenvalue weighted by molar-refractivity contribution is -0.313. The molecule has 1 aliphatic heterocycles. The van der Waals surface area contributed by atoms with Crippen molar-refractivity contribution >= 4 is 0 Å². The molecule has 0 spiro atoms. The van der Waals surface area contributed by atoms with Gasteiger partial charge in [-0.1, -0.05) is 66.0 Å². The summed E-state index contributed by atoms with van der Waals surface area (Å²) < 4.78 is 11.9. The summed E-state index contributed by atoms with van der Waals surface area (Å²) in [5.74, 6) is 5.66. The number of aliphatic hydroxyl groups excluding tert-OH is 4. The second-order valence-electron chi connectivity index (χ2n) is 15.7. The van der Waals surface area contributed by atoms with Gasteiger partial charge in [-0.25, -0.2) is 0 Å². The summed E-state index contributed by atoms with van der Waals surface area (Å²) in [6, 6.07) is 0. The van der Waals surface area contributed by atoms with Crippen molar-refractivity contribution in [1.29, 1.82) is 0 Å². The monoisotopic (exact) mass is 576 g/mol.